The fraction of sp³-hybridized carbons (Fsp3) is 0.833. The van der Waals surface area contributed by atoms with Crippen molar-refractivity contribution in [2.24, 2.45) is 7.05 Å². The van der Waals surface area contributed by atoms with Gasteiger partial charge in [0.2, 0.25) is 5.95 Å². The Labute approximate surface area is 113 Å². The van der Waals surface area contributed by atoms with Gasteiger partial charge in [-0.15, -0.1) is 5.10 Å². The Balaban J connectivity index is 1.63. The average Bonchev–Trinajstić information content (AvgIpc) is 3.02. The van der Waals surface area contributed by atoms with Crippen LogP contribution in [0, 0.1) is 4.77 Å². The second-order valence-corrected chi connectivity index (χ2v) is 5.74. The van der Waals surface area contributed by atoms with Gasteiger partial charge in [0.15, 0.2) is 4.77 Å². The normalized spacial score (nSPS) is 22.8. The molecular formula is C12H21N5S. The van der Waals surface area contributed by atoms with Crippen molar-refractivity contribution in [2.75, 3.05) is 31.1 Å². The molecular weight excluding hydrogens is 246 g/mol. The van der Waals surface area contributed by atoms with Crippen molar-refractivity contribution in [1.29, 1.82) is 0 Å². The molecule has 3 rings (SSSR count). The molecule has 18 heavy (non-hydrogen) atoms. The van der Waals surface area contributed by atoms with Gasteiger partial charge in [-0.25, -0.2) is 5.10 Å². The second-order valence-electron chi connectivity index (χ2n) is 5.35. The van der Waals surface area contributed by atoms with Crippen LogP contribution in [0.15, 0.2) is 0 Å². The van der Waals surface area contributed by atoms with Crippen LogP contribution >= 0.6 is 12.2 Å². The fourth-order valence-electron chi connectivity index (χ4n) is 3.18. The van der Waals surface area contributed by atoms with Gasteiger partial charge in [-0.2, -0.15) is 0 Å². The Morgan fingerprint density at radius 1 is 1.17 bits per heavy atom. The number of nitrogens with zero attached hydrogens (tertiary/aromatic N) is 4. The topological polar surface area (TPSA) is 40.1 Å². The Bertz CT molecular complexity index is 451. The van der Waals surface area contributed by atoms with E-state index in [2.05, 4.69) is 20.0 Å². The van der Waals surface area contributed by atoms with Crippen LogP contribution in [-0.2, 0) is 7.05 Å². The van der Waals surface area contributed by atoms with Crippen LogP contribution in [0.1, 0.15) is 25.7 Å². The molecule has 1 N–H and O–H groups in total. The molecule has 2 fully saturated rings. The molecule has 2 heterocycles. The van der Waals surface area contributed by atoms with Crippen molar-refractivity contribution in [1.82, 2.24) is 19.7 Å². The minimum absolute atomic E-state index is 0.697. The van der Waals surface area contributed by atoms with E-state index in [0.29, 0.717) is 4.77 Å². The minimum Gasteiger partial charge on any atom is -0.338 e. The molecule has 0 spiro atoms. The van der Waals surface area contributed by atoms with Crippen LogP contribution in [0.4, 0.5) is 5.95 Å². The largest absolute Gasteiger partial charge is 0.338 e. The molecule has 5 nitrogen and oxygen atoms in total. The first kappa shape index (κ1) is 12.2. The van der Waals surface area contributed by atoms with E-state index in [4.69, 9.17) is 12.2 Å². The summed E-state index contributed by atoms with van der Waals surface area (Å²) in [5.74, 6) is 0.978. The lowest BCUT2D eigenvalue weighted by Crippen LogP contribution is -2.50. The zero-order valence-corrected chi connectivity index (χ0v) is 11.7. The predicted octanol–water partition coefficient (Wildman–Crippen LogP) is 1.54. The van der Waals surface area contributed by atoms with Gasteiger partial charge in [0.05, 0.1) is 0 Å². The number of piperazine rings is 1. The molecule has 2 aliphatic rings. The lowest BCUT2D eigenvalue weighted by atomic mass is 10.2. The summed E-state index contributed by atoms with van der Waals surface area (Å²) >= 11 is 5.16. The molecule has 0 aromatic carbocycles. The molecule has 0 unspecified atom stereocenters. The van der Waals surface area contributed by atoms with E-state index in [1.165, 1.54) is 25.7 Å². The number of hydrogen-bond acceptors (Lipinski definition) is 4. The summed E-state index contributed by atoms with van der Waals surface area (Å²) in [6.45, 7) is 4.43. The lowest BCUT2D eigenvalue weighted by Gasteiger charge is -2.38. The summed E-state index contributed by atoms with van der Waals surface area (Å²) < 4.78 is 2.66. The number of nitrogens with one attached hydrogen (secondary N) is 1. The highest BCUT2D eigenvalue weighted by Crippen LogP contribution is 2.25. The lowest BCUT2D eigenvalue weighted by molar-refractivity contribution is 0.186. The van der Waals surface area contributed by atoms with Gasteiger partial charge >= 0.3 is 0 Å². The third-order valence-corrected chi connectivity index (χ3v) is 4.66. The summed E-state index contributed by atoms with van der Waals surface area (Å²) in [6.07, 6.45) is 5.62. The minimum atomic E-state index is 0.697. The Kier molecular flexibility index (Phi) is 3.39. The van der Waals surface area contributed by atoms with E-state index >= 15 is 0 Å². The number of anilines is 1. The van der Waals surface area contributed by atoms with Crippen LogP contribution in [0.25, 0.3) is 0 Å². The molecule has 1 saturated heterocycles. The fourth-order valence-corrected chi connectivity index (χ4v) is 3.31. The number of aromatic amines is 1. The highest BCUT2D eigenvalue weighted by atomic mass is 32.1. The van der Waals surface area contributed by atoms with E-state index in [9.17, 15) is 0 Å². The summed E-state index contributed by atoms with van der Waals surface area (Å²) in [6, 6.07) is 0.842. The van der Waals surface area contributed by atoms with Gasteiger partial charge in [0.25, 0.3) is 0 Å². The molecule has 100 valence electrons. The van der Waals surface area contributed by atoms with Gasteiger partial charge in [-0.1, -0.05) is 12.8 Å². The SMILES string of the molecule is Cn1c(N2CCN(C3CCCC3)CC2)n[nH]c1=S. The van der Waals surface area contributed by atoms with Crippen LogP contribution in [-0.4, -0.2) is 51.9 Å². The van der Waals surface area contributed by atoms with Crippen molar-refractivity contribution in [3.63, 3.8) is 0 Å². The van der Waals surface area contributed by atoms with Crippen molar-refractivity contribution in [3.05, 3.63) is 4.77 Å². The van der Waals surface area contributed by atoms with Gasteiger partial charge in [0, 0.05) is 39.3 Å². The van der Waals surface area contributed by atoms with E-state index in [0.717, 1.165) is 38.2 Å². The van der Waals surface area contributed by atoms with E-state index in [-0.39, 0.29) is 0 Å². The van der Waals surface area contributed by atoms with E-state index in [1.807, 2.05) is 11.6 Å². The monoisotopic (exact) mass is 267 g/mol. The Morgan fingerprint density at radius 3 is 2.39 bits per heavy atom. The molecule has 1 aliphatic heterocycles. The third kappa shape index (κ3) is 2.19. The first-order chi connectivity index (χ1) is 8.75. The van der Waals surface area contributed by atoms with Gasteiger partial charge in [-0.3, -0.25) is 9.47 Å². The zero-order chi connectivity index (χ0) is 12.5. The van der Waals surface area contributed by atoms with E-state index < -0.39 is 0 Å². The van der Waals surface area contributed by atoms with Crippen molar-refractivity contribution in [3.8, 4) is 0 Å². The maximum absolute atomic E-state index is 5.16. The number of hydrogen-bond donors (Lipinski definition) is 1. The number of aromatic nitrogens is 3. The van der Waals surface area contributed by atoms with Gasteiger partial charge in [0.1, 0.15) is 0 Å². The molecule has 1 aromatic rings. The first-order valence-corrected chi connectivity index (χ1v) is 7.27. The van der Waals surface area contributed by atoms with Gasteiger partial charge < -0.3 is 4.90 Å². The second kappa shape index (κ2) is 5.01. The summed E-state index contributed by atoms with van der Waals surface area (Å²) in [5.41, 5.74) is 0. The van der Waals surface area contributed by atoms with Crippen molar-refractivity contribution >= 4 is 18.2 Å². The highest BCUT2D eigenvalue weighted by Gasteiger charge is 2.27. The van der Waals surface area contributed by atoms with Crippen LogP contribution in [0.2, 0.25) is 0 Å². The average molecular weight is 267 g/mol. The highest BCUT2D eigenvalue weighted by molar-refractivity contribution is 7.71. The van der Waals surface area contributed by atoms with Crippen LogP contribution in [0.3, 0.4) is 0 Å². The number of rotatable bonds is 2. The molecule has 1 aliphatic carbocycles. The molecule has 0 amide bonds. The predicted molar refractivity (Wildman–Crippen MR) is 74.4 cm³/mol. The first-order valence-electron chi connectivity index (χ1n) is 6.86. The van der Waals surface area contributed by atoms with Crippen molar-refractivity contribution in [2.45, 2.75) is 31.7 Å². The molecule has 0 bridgehead atoms. The summed E-state index contributed by atoms with van der Waals surface area (Å²) in [5, 5.41) is 7.18. The number of H-pyrrole nitrogens is 1. The summed E-state index contributed by atoms with van der Waals surface area (Å²) in [4.78, 5) is 4.99. The van der Waals surface area contributed by atoms with Gasteiger partial charge in [-0.05, 0) is 25.1 Å². The molecule has 0 radical (unpaired) electrons. The van der Waals surface area contributed by atoms with Crippen molar-refractivity contribution < 1.29 is 0 Å². The molecule has 1 saturated carbocycles. The maximum Gasteiger partial charge on any atom is 0.225 e. The van der Waals surface area contributed by atoms with E-state index in [1.54, 1.807) is 0 Å². The maximum atomic E-state index is 5.16. The Morgan fingerprint density at radius 2 is 1.83 bits per heavy atom. The van der Waals surface area contributed by atoms with Crippen LogP contribution in [0.5, 0.6) is 0 Å². The Hall–Kier alpha value is -0.880. The zero-order valence-electron chi connectivity index (χ0n) is 10.9. The smallest absolute Gasteiger partial charge is 0.225 e. The standard InChI is InChI=1S/C12H21N5S/c1-15-11(13-14-12(15)18)17-8-6-16(7-9-17)10-4-2-3-5-10/h10H,2-9H2,1H3,(H,14,18). The quantitative estimate of drug-likeness (QED) is 0.825. The third-order valence-electron chi connectivity index (χ3n) is 4.29. The molecule has 0 atom stereocenters. The molecule has 1 aromatic heterocycles. The summed E-state index contributed by atoms with van der Waals surface area (Å²) in [7, 11) is 1.98. The molecule has 6 heteroatoms. The van der Waals surface area contributed by atoms with Crippen LogP contribution < -0.4 is 4.90 Å².